The molecule has 2 aromatic rings. The second-order valence-corrected chi connectivity index (χ2v) is 6.17. The third-order valence-corrected chi connectivity index (χ3v) is 4.42. The first kappa shape index (κ1) is 16.0. The van der Waals surface area contributed by atoms with Crippen LogP contribution < -0.4 is 10.6 Å². The smallest absolute Gasteiger partial charge is 0.128 e. The SMILES string of the molecule is NCCCc1ccc(N2CCN(Cc3ccccc3)CC2)nc1. The molecule has 1 aliphatic heterocycles. The molecule has 0 unspecified atom stereocenters. The van der Waals surface area contributed by atoms with E-state index >= 15 is 0 Å². The summed E-state index contributed by atoms with van der Waals surface area (Å²) in [5, 5.41) is 0. The number of nitrogens with two attached hydrogens (primary N) is 1. The van der Waals surface area contributed by atoms with E-state index in [9.17, 15) is 0 Å². The zero-order chi connectivity index (χ0) is 15.9. The third kappa shape index (κ3) is 4.53. The molecule has 23 heavy (non-hydrogen) atoms. The molecule has 0 amide bonds. The molecule has 4 nitrogen and oxygen atoms in total. The van der Waals surface area contributed by atoms with Crippen LogP contribution in [0.25, 0.3) is 0 Å². The molecule has 1 aliphatic rings. The van der Waals surface area contributed by atoms with E-state index in [1.807, 2.05) is 6.20 Å². The molecule has 1 aromatic carbocycles. The van der Waals surface area contributed by atoms with Gasteiger partial charge in [-0.15, -0.1) is 0 Å². The molecule has 4 heteroatoms. The molecular weight excluding hydrogens is 284 g/mol. The van der Waals surface area contributed by atoms with Crippen LogP contribution >= 0.6 is 0 Å². The number of nitrogens with zero attached hydrogens (tertiary/aromatic N) is 3. The van der Waals surface area contributed by atoms with Crippen LogP contribution in [0.2, 0.25) is 0 Å². The van der Waals surface area contributed by atoms with Crippen molar-refractivity contribution in [1.82, 2.24) is 9.88 Å². The van der Waals surface area contributed by atoms with Gasteiger partial charge in [0, 0.05) is 38.9 Å². The maximum atomic E-state index is 5.56. The molecule has 2 N–H and O–H groups in total. The van der Waals surface area contributed by atoms with Crippen molar-refractivity contribution in [2.75, 3.05) is 37.6 Å². The van der Waals surface area contributed by atoms with Crippen molar-refractivity contribution in [1.29, 1.82) is 0 Å². The van der Waals surface area contributed by atoms with Crippen molar-refractivity contribution in [3.63, 3.8) is 0 Å². The number of pyridine rings is 1. The van der Waals surface area contributed by atoms with Gasteiger partial charge in [0.25, 0.3) is 0 Å². The Labute approximate surface area is 138 Å². The van der Waals surface area contributed by atoms with E-state index in [0.717, 1.165) is 57.9 Å². The molecule has 0 atom stereocenters. The Hall–Kier alpha value is -1.91. The molecule has 0 saturated carbocycles. The molecule has 0 spiro atoms. The first-order chi connectivity index (χ1) is 11.3. The van der Waals surface area contributed by atoms with Crippen molar-refractivity contribution in [3.05, 3.63) is 59.8 Å². The number of hydrogen-bond donors (Lipinski definition) is 1. The Morgan fingerprint density at radius 2 is 1.70 bits per heavy atom. The van der Waals surface area contributed by atoms with Crippen molar-refractivity contribution in [2.24, 2.45) is 5.73 Å². The number of aromatic nitrogens is 1. The van der Waals surface area contributed by atoms with Crippen LogP contribution in [0.15, 0.2) is 48.7 Å². The average molecular weight is 310 g/mol. The molecule has 1 fully saturated rings. The van der Waals surface area contributed by atoms with E-state index in [1.165, 1.54) is 11.1 Å². The topological polar surface area (TPSA) is 45.4 Å². The summed E-state index contributed by atoms with van der Waals surface area (Å²) < 4.78 is 0. The zero-order valence-corrected chi connectivity index (χ0v) is 13.7. The lowest BCUT2D eigenvalue weighted by molar-refractivity contribution is 0.249. The van der Waals surface area contributed by atoms with E-state index in [1.54, 1.807) is 0 Å². The van der Waals surface area contributed by atoms with E-state index in [0.29, 0.717) is 0 Å². The number of rotatable bonds is 6. The van der Waals surface area contributed by atoms with Gasteiger partial charge in [0.15, 0.2) is 0 Å². The summed E-state index contributed by atoms with van der Waals surface area (Å²) in [5.41, 5.74) is 8.23. The zero-order valence-electron chi connectivity index (χ0n) is 13.7. The van der Waals surface area contributed by atoms with Gasteiger partial charge < -0.3 is 10.6 Å². The largest absolute Gasteiger partial charge is 0.354 e. The molecule has 0 bridgehead atoms. The Kier molecular flexibility index (Phi) is 5.61. The molecule has 1 aromatic heterocycles. The second kappa shape index (κ2) is 8.09. The average Bonchev–Trinajstić information content (AvgIpc) is 2.62. The minimum Gasteiger partial charge on any atom is -0.354 e. The molecule has 0 aliphatic carbocycles. The minimum atomic E-state index is 0.741. The van der Waals surface area contributed by atoms with Crippen molar-refractivity contribution >= 4 is 5.82 Å². The normalized spacial score (nSPS) is 15.8. The highest BCUT2D eigenvalue weighted by atomic mass is 15.3. The summed E-state index contributed by atoms with van der Waals surface area (Å²) in [7, 11) is 0. The molecule has 3 rings (SSSR count). The van der Waals surface area contributed by atoms with Crippen molar-refractivity contribution in [3.8, 4) is 0 Å². The number of benzene rings is 1. The molecule has 2 heterocycles. The van der Waals surface area contributed by atoms with E-state index in [-0.39, 0.29) is 0 Å². The predicted molar refractivity (Wildman–Crippen MR) is 95.5 cm³/mol. The second-order valence-electron chi connectivity index (χ2n) is 6.17. The summed E-state index contributed by atoms with van der Waals surface area (Å²) in [6.45, 7) is 6.05. The Morgan fingerprint density at radius 1 is 0.913 bits per heavy atom. The third-order valence-electron chi connectivity index (χ3n) is 4.42. The van der Waals surface area contributed by atoms with Gasteiger partial charge in [-0.1, -0.05) is 36.4 Å². The fourth-order valence-electron chi connectivity index (χ4n) is 3.03. The Bertz CT molecular complexity index is 574. The first-order valence-corrected chi connectivity index (χ1v) is 8.51. The van der Waals surface area contributed by atoms with E-state index in [2.05, 4.69) is 57.2 Å². The van der Waals surface area contributed by atoms with Crippen LogP contribution in [-0.2, 0) is 13.0 Å². The van der Waals surface area contributed by atoms with Crippen LogP contribution in [0.5, 0.6) is 0 Å². The van der Waals surface area contributed by atoms with Gasteiger partial charge in [-0.05, 0) is 36.6 Å². The van der Waals surface area contributed by atoms with Crippen LogP contribution in [0, 0.1) is 0 Å². The van der Waals surface area contributed by atoms with Gasteiger partial charge in [0.05, 0.1) is 0 Å². The number of anilines is 1. The van der Waals surface area contributed by atoms with Crippen LogP contribution in [0.1, 0.15) is 17.5 Å². The standard InChI is InChI=1S/C19H26N4/c20-10-4-7-17-8-9-19(21-15-17)23-13-11-22(12-14-23)16-18-5-2-1-3-6-18/h1-3,5-6,8-9,15H,4,7,10-14,16,20H2. The van der Waals surface area contributed by atoms with Gasteiger partial charge >= 0.3 is 0 Å². The lowest BCUT2D eigenvalue weighted by Gasteiger charge is -2.35. The van der Waals surface area contributed by atoms with Crippen LogP contribution in [0.4, 0.5) is 5.82 Å². The fraction of sp³-hybridized carbons (Fsp3) is 0.421. The van der Waals surface area contributed by atoms with Crippen molar-refractivity contribution < 1.29 is 0 Å². The van der Waals surface area contributed by atoms with E-state index in [4.69, 9.17) is 5.73 Å². The number of piperazine rings is 1. The van der Waals surface area contributed by atoms with Crippen molar-refractivity contribution in [2.45, 2.75) is 19.4 Å². The summed E-state index contributed by atoms with van der Waals surface area (Å²) >= 11 is 0. The number of hydrogen-bond acceptors (Lipinski definition) is 4. The van der Waals surface area contributed by atoms with Crippen LogP contribution in [-0.4, -0.2) is 42.6 Å². The predicted octanol–water partition coefficient (Wildman–Crippen LogP) is 2.30. The molecular formula is C19H26N4. The Balaban J connectivity index is 1.50. The number of aryl methyl sites for hydroxylation is 1. The summed E-state index contributed by atoms with van der Waals surface area (Å²) in [5.74, 6) is 1.10. The van der Waals surface area contributed by atoms with Gasteiger partial charge in [-0.25, -0.2) is 4.98 Å². The summed E-state index contributed by atoms with van der Waals surface area (Å²) in [6, 6.07) is 15.0. The van der Waals surface area contributed by atoms with E-state index < -0.39 is 0 Å². The fourth-order valence-corrected chi connectivity index (χ4v) is 3.03. The molecule has 1 saturated heterocycles. The highest BCUT2D eigenvalue weighted by Gasteiger charge is 2.17. The molecule has 122 valence electrons. The summed E-state index contributed by atoms with van der Waals surface area (Å²) in [6.07, 6.45) is 4.05. The molecule has 0 radical (unpaired) electrons. The highest BCUT2D eigenvalue weighted by molar-refractivity contribution is 5.40. The van der Waals surface area contributed by atoms with Gasteiger partial charge in [-0.3, -0.25) is 4.90 Å². The quantitative estimate of drug-likeness (QED) is 0.889. The Morgan fingerprint density at radius 3 is 2.35 bits per heavy atom. The lowest BCUT2D eigenvalue weighted by Crippen LogP contribution is -2.46. The van der Waals surface area contributed by atoms with Gasteiger partial charge in [0.1, 0.15) is 5.82 Å². The van der Waals surface area contributed by atoms with Gasteiger partial charge in [-0.2, -0.15) is 0 Å². The first-order valence-electron chi connectivity index (χ1n) is 8.51. The highest BCUT2D eigenvalue weighted by Crippen LogP contribution is 2.16. The maximum Gasteiger partial charge on any atom is 0.128 e. The van der Waals surface area contributed by atoms with Crippen LogP contribution in [0.3, 0.4) is 0 Å². The monoisotopic (exact) mass is 310 g/mol. The summed E-state index contributed by atoms with van der Waals surface area (Å²) in [4.78, 5) is 9.53. The maximum absolute atomic E-state index is 5.56. The van der Waals surface area contributed by atoms with Gasteiger partial charge in [0.2, 0.25) is 0 Å². The minimum absolute atomic E-state index is 0.741. The lowest BCUT2D eigenvalue weighted by atomic mass is 10.1.